The molecule has 0 saturated heterocycles. The number of hydrogen-bond acceptors (Lipinski definition) is 11. The molecule has 0 unspecified atom stereocenters. The van der Waals surface area contributed by atoms with Gasteiger partial charge in [-0.15, -0.1) is 0 Å². The lowest BCUT2D eigenvalue weighted by Crippen LogP contribution is -2.33. The van der Waals surface area contributed by atoms with Gasteiger partial charge in [0.25, 0.3) is 5.69 Å². The van der Waals surface area contributed by atoms with E-state index in [1.165, 1.54) is 40.4 Å². The topological polar surface area (TPSA) is 187 Å². The molecular weight excluding hydrogens is 764 g/mol. The van der Waals surface area contributed by atoms with Crippen molar-refractivity contribution in [3.63, 3.8) is 0 Å². The predicted octanol–water partition coefficient (Wildman–Crippen LogP) is 1.02. The summed E-state index contributed by atoms with van der Waals surface area (Å²) in [4.78, 5) is 9.99. The average molecular weight is 810 g/mol. The van der Waals surface area contributed by atoms with Crippen LogP contribution in [-0.4, -0.2) is 66.9 Å². The number of nitrogen functional groups attached to an aromatic ring is 1. The molecule has 5 aromatic carbocycles. The highest BCUT2D eigenvalue weighted by atomic mass is 19.1. The van der Waals surface area contributed by atoms with Crippen LogP contribution in [0.25, 0.3) is 0 Å². The second-order valence-corrected chi connectivity index (χ2v) is 15.7. The van der Waals surface area contributed by atoms with Gasteiger partial charge in [-0.1, -0.05) is 84.9 Å². The number of nitrogens with zero attached hydrogens (tertiary/aromatic N) is 1. The van der Waals surface area contributed by atoms with Crippen LogP contribution >= 0.6 is 0 Å². The first kappa shape index (κ1) is 43.4. The molecule has 6 aliphatic rings. The number of nitro groups is 1. The molecule has 11 rings (SSSR count). The molecule has 6 N–H and O–H groups in total. The minimum atomic E-state index is -0.826. The fourth-order valence-electron chi connectivity index (χ4n) is 8.44. The zero-order chi connectivity index (χ0) is 42.7. The van der Waals surface area contributed by atoms with E-state index >= 15 is 0 Å². The van der Waals surface area contributed by atoms with Crippen LogP contribution in [0.15, 0.2) is 84.9 Å². The Morgan fingerprint density at radius 3 is 1.67 bits per heavy atom. The van der Waals surface area contributed by atoms with E-state index in [1.54, 1.807) is 12.1 Å². The van der Waals surface area contributed by atoms with Crippen LogP contribution in [0.2, 0.25) is 26.3 Å². The van der Waals surface area contributed by atoms with E-state index < -0.39 is 26.1 Å². The van der Waals surface area contributed by atoms with Gasteiger partial charge in [-0.3, -0.25) is 10.1 Å². The van der Waals surface area contributed by atoms with E-state index in [9.17, 15) is 34.6 Å². The third-order valence-corrected chi connectivity index (χ3v) is 11.7. The number of anilines is 1. The summed E-state index contributed by atoms with van der Waals surface area (Å²) >= 11 is 0. The fraction of sp³-hybridized carbons (Fsp3) is 0.268. The number of aryl methyl sites for hydroxylation is 3. The van der Waals surface area contributed by atoms with Crippen molar-refractivity contribution in [1.29, 1.82) is 0 Å². The van der Waals surface area contributed by atoms with Crippen LogP contribution in [0.3, 0.4) is 0 Å². The Morgan fingerprint density at radius 2 is 1.12 bits per heavy atom. The zero-order valence-corrected chi connectivity index (χ0v) is 33.8. The van der Waals surface area contributed by atoms with Crippen LogP contribution in [0.5, 0.6) is 0 Å². The normalized spacial score (nSPS) is 15.9. The summed E-state index contributed by atoms with van der Waals surface area (Å²) in [5.41, 5.74) is 19.7. The summed E-state index contributed by atoms with van der Waals surface area (Å²) in [5.74, 6) is -0.146. The predicted molar refractivity (Wildman–Crippen MR) is 237 cm³/mol. The highest BCUT2D eigenvalue weighted by molar-refractivity contribution is 6.69. The molecule has 0 aromatic heterocycles. The number of nitro benzene ring substituents is 1. The van der Waals surface area contributed by atoms with Crippen LogP contribution in [-0.2, 0) is 57.9 Å². The first-order valence-corrected chi connectivity index (χ1v) is 20.1. The van der Waals surface area contributed by atoms with Crippen molar-refractivity contribution in [3.05, 3.63) is 140 Å². The number of hydrogen-bond donors (Lipinski definition) is 5. The molecule has 0 saturated carbocycles. The van der Waals surface area contributed by atoms with E-state index in [-0.39, 0.29) is 25.3 Å². The maximum Gasteiger partial charge on any atom is 0.491 e. The standard InChI is InChI=1S/C9H11BO.C8H8B2O4.C8H8BFO.C8H8BNO3.C8H10BNO/c1-7-4-3-5-8-6-11-10(2)9(7)8;11-9-7-1-5-3-13-10(12)8(5)2-6(7)4-14-9;1-9-8-6(5-11-9)3-2-4-7(8)10;11-9-4-3-6-1-2-7(10(12)13)5-8(6)9;10-7-2-1-6-3-4-9(11)8(6)5-7/h3-5H,6H2,1-2H3;1-2,11-12H,3-4H2;2-4H,5H2,1H3;1-2,5,11H,3-4H2;1-2,5,11H,3-4,10H2. The third-order valence-electron chi connectivity index (χ3n) is 11.7. The minimum Gasteiger partial charge on any atom is -0.446 e. The van der Waals surface area contributed by atoms with Crippen molar-refractivity contribution in [2.45, 2.75) is 72.5 Å². The summed E-state index contributed by atoms with van der Waals surface area (Å²) in [6.07, 6.45) is 3.32. The second kappa shape index (κ2) is 18.9. The quantitative estimate of drug-likeness (QED) is 0.0705. The first-order chi connectivity index (χ1) is 28.8. The Morgan fingerprint density at radius 1 is 0.617 bits per heavy atom. The maximum atomic E-state index is 13.1. The van der Waals surface area contributed by atoms with Crippen LogP contribution in [0, 0.1) is 22.9 Å². The maximum absolute atomic E-state index is 13.1. The van der Waals surface area contributed by atoms with Crippen molar-refractivity contribution in [1.82, 2.24) is 0 Å². The van der Waals surface area contributed by atoms with E-state index in [0.717, 1.165) is 75.6 Å². The third kappa shape index (κ3) is 9.59. The van der Waals surface area contributed by atoms with E-state index in [2.05, 4.69) is 31.9 Å². The summed E-state index contributed by atoms with van der Waals surface area (Å²) in [6, 6.07) is 25.6. The lowest BCUT2D eigenvalue weighted by atomic mass is 9.62. The molecule has 12 nitrogen and oxygen atoms in total. The van der Waals surface area contributed by atoms with Crippen molar-refractivity contribution < 1.29 is 48.0 Å². The summed E-state index contributed by atoms with van der Waals surface area (Å²) in [7, 11) is -1.65. The number of halogens is 1. The molecular formula is C41H45B6FN2O10. The first-order valence-electron chi connectivity index (χ1n) is 20.1. The molecule has 6 aliphatic heterocycles. The SMILES string of the molecule is CB1OCc2cccc(C)c21.CB1OCc2cccc(F)c21.Nc1ccc2c(c1)B(O)CC2.O=[N+]([O-])c1ccc2c(c1)B(O)CC2.OB1OCc2cc3c(cc21)COB3O. The second-order valence-electron chi connectivity index (χ2n) is 15.7. The smallest absolute Gasteiger partial charge is 0.446 e. The highest BCUT2D eigenvalue weighted by Gasteiger charge is 2.34. The minimum absolute atomic E-state index is 0.0553. The molecule has 0 spiro atoms. The molecule has 19 heteroatoms. The largest absolute Gasteiger partial charge is 0.491 e. The Bertz CT molecular complexity index is 2280. The molecule has 304 valence electrons. The molecule has 0 radical (unpaired) electrons. The Labute approximate surface area is 351 Å². The molecule has 0 fully saturated rings. The van der Waals surface area contributed by atoms with E-state index in [1.807, 2.05) is 43.2 Å². The number of rotatable bonds is 1. The summed E-state index contributed by atoms with van der Waals surface area (Å²) < 4.78 is 34.0. The van der Waals surface area contributed by atoms with Gasteiger partial charge in [-0.25, -0.2) is 4.39 Å². The van der Waals surface area contributed by atoms with Crippen molar-refractivity contribution in [3.8, 4) is 0 Å². The molecule has 60 heavy (non-hydrogen) atoms. The lowest BCUT2D eigenvalue weighted by Gasteiger charge is -2.02. The van der Waals surface area contributed by atoms with Crippen LogP contribution in [0.4, 0.5) is 15.8 Å². The van der Waals surface area contributed by atoms with Gasteiger partial charge in [-0.2, -0.15) is 0 Å². The van der Waals surface area contributed by atoms with Gasteiger partial charge in [0.2, 0.25) is 0 Å². The van der Waals surface area contributed by atoms with Crippen LogP contribution in [0.1, 0.15) is 38.9 Å². The van der Waals surface area contributed by atoms with Crippen molar-refractivity contribution >= 4 is 86.1 Å². The average Bonchev–Trinajstić information content (AvgIpc) is 4.11. The van der Waals surface area contributed by atoms with E-state index in [4.69, 9.17) is 24.4 Å². The van der Waals surface area contributed by atoms with Crippen LogP contribution < -0.4 is 38.5 Å². The monoisotopic (exact) mass is 810 g/mol. The fourth-order valence-corrected chi connectivity index (χ4v) is 8.44. The van der Waals surface area contributed by atoms with Gasteiger partial charge in [0.15, 0.2) is 0 Å². The highest BCUT2D eigenvalue weighted by Crippen LogP contribution is 2.19. The number of benzene rings is 5. The van der Waals surface area contributed by atoms with Gasteiger partial charge in [0.05, 0.1) is 31.4 Å². The Balaban J connectivity index is 0.000000114. The molecule has 0 amide bonds. The van der Waals surface area contributed by atoms with Crippen molar-refractivity contribution in [2.75, 3.05) is 5.73 Å². The van der Waals surface area contributed by atoms with Gasteiger partial charge in [0.1, 0.15) is 5.82 Å². The molecule has 0 bridgehead atoms. The van der Waals surface area contributed by atoms with Gasteiger partial charge in [-0.05, 0) is 106 Å². The molecule has 6 heterocycles. The van der Waals surface area contributed by atoms with Gasteiger partial charge < -0.3 is 44.4 Å². The van der Waals surface area contributed by atoms with Gasteiger partial charge >= 0.3 is 41.9 Å². The molecule has 0 atom stereocenters. The van der Waals surface area contributed by atoms with Gasteiger partial charge in [0, 0.05) is 17.8 Å². The summed E-state index contributed by atoms with van der Waals surface area (Å²) in [6.45, 7) is 7.68. The Kier molecular flexibility index (Phi) is 13.7. The summed E-state index contributed by atoms with van der Waals surface area (Å²) in [5, 5.41) is 48.3. The lowest BCUT2D eigenvalue weighted by molar-refractivity contribution is -0.384. The van der Waals surface area contributed by atoms with E-state index in [0.29, 0.717) is 38.5 Å². The number of fused-ring (bicyclic) bond motifs is 6. The molecule has 0 aliphatic carbocycles. The number of nitrogens with two attached hydrogens (primary N) is 1. The molecule has 5 aromatic rings. The zero-order valence-electron chi connectivity index (χ0n) is 33.8. The Hall–Kier alpha value is -4.70. The van der Waals surface area contributed by atoms with Crippen molar-refractivity contribution in [2.24, 2.45) is 0 Å². The number of non-ortho nitro benzene ring substituents is 1.